The van der Waals surface area contributed by atoms with Crippen molar-refractivity contribution >= 4 is 18.3 Å². The van der Waals surface area contributed by atoms with Gasteiger partial charge in [-0.2, -0.15) is 0 Å². The average Bonchev–Trinajstić information content (AvgIpc) is 3.03. The van der Waals surface area contributed by atoms with E-state index >= 15 is 0 Å². The summed E-state index contributed by atoms with van der Waals surface area (Å²) in [6.45, 7) is 4.25. The Morgan fingerprint density at radius 2 is 1.75 bits per heavy atom. The molecule has 0 aliphatic heterocycles. The molecule has 0 saturated heterocycles. The van der Waals surface area contributed by atoms with E-state index in [9.17, 15) is 4.79 Å². The third kappa shape index (κ3) is 3.11. The van der Waals surface area contributed by atoms with Gasteiger partial charge in [-0.05, 0) is 51.4 Å². The molecule has 0 heterocycles. The first kappa shape index (κ1) is 13.8. The maximum atomic E-state index is 12.0. The highest BCUT2D eigenvalue weighted by Gasteiger charge is 2.43. The molecule has 0 atom stereocenters. The lowest BCUT2D eigenvalue weighted by Gasteiger charge is -2.26. The lowest BCUT2D eigenvalue weighted by molar-refractivity contribution is -0.129. The van der Waals surface area contributed by atoms with Crippen LogP contribution in [0.3, 0.4) is 0 Å². The summed E-state index contributed by atoms with van der Waals surface area (Å²) in [7, 11) is 0. The maximum Gasteiger partial charge on any atom is 0.227 e. The molecule has 0 aromatic carbocycles. The van der Waals surface area contributed by atoms with Crippen molar-refractivity contribution in [3.63, 3.8) is 0 Å². The van der Waals surface area contributed by atoms with Gasteiger partial charge in [0.2, 0.25) is 5.91 Å². The average molecular weight is 247 g/mol. The van der Waals surface area contributed by atoms with E-state index in [-0.39, 0.29) is 18.3 Å². The van der Waals surface area contributed by atoms with Crippen molar-refractivity contribution in [3.8, 4) is 0 Å². The Morgan fingerprint density at radius 3 is 2.06 bits per heavy atom. The van der Waals surface area contributed by atoms with Gasteiger partial charge in [-0.25, -0.2) is 0 Å². The summed E-state index contributed by atoms with van der Waals surface area (Å²) >= 11 is 0. The first-order valence-electron chi connectivity index (χ1n) is 6.05. The first-order valence-corrected chi connectivity index (χ1v) is 6.05. The van der Waals surface area contributed by atoms with Gasteiger partial charge in [-0.1, -0.05) is 0 Å². The molecule has 2 rings (SSSR count). The van der Waals surface area contributed by atoms with Crippen molar-refractivity contribution in [2.75, 3.05) is 6.54 Å². The Morgan fingerprint density at radius 1 is 1.31 bits per heavy atom. The number of nitrogens with one attached hydrogen (secondary N) is 1. The van der Waals surface area contributed by atoms with Gasteiger partial charge in [-0.15, -0.1) is 12.4 Å². The minimum absolute atomic E-state index is 0. The zero-order chi connectivity index (χ0) is 11.1. The zero-order valence-corrected chi connectivity index (χ0v) is 11.0. The molecule has 16 heavy (non-hydrogen) atoms. The van der Waals surface area contributed by atoms with Crippen LogP contribution >= 0.6 is 12.4 Å². The van der Waals surface area contributed by atoms with Gasteiger partial charge in [0.05, 0.1) is 5.41 Å². The van der Waals surface area contributed by atoms with Gasteiger partial charge in [-0.3, -0.25) is 4.79 Å². The summed E-state index contributed by atoms with van der Waals surface area (Å²) in [5.74, 6) is 1.65. The molecule has 0 spiro atoms. The summed E-state index contributed by atoms with van der Waals surface area (Å²) in [6, 6.07) is 0.448. The fourth-order valence-corrected chi connectivity index (χ4v) is 1.97. The maximum absolute atomic E-state index is 12.0. The fraction of sp³-hybridized carbons (Fsp3) is 0.917. The Hall–Kier alpha value is -0.280. The van der Waals surface area contributed by atoms with Gasteiger partial charge >= 0.3 is 0 Å². The van der Waals surface area contributed by atoms with Crippen molar-refractivity contribution in [1.82, 2.24) is 5.32 Å². The lowest BCUT2D eigenvalue weighted by Crippen LogP contribution is -2.47. The van der Waals surface area contributed by atoms with Crippen LogP contribution in [0, 0.1) is 17.3 Å². The van der Waals surface area contributed by atoms with Crippen LogP contribution in [-0.4, -0.2) is 18.5 Å². The summed E-state index contributed by atoms with van der Waals surface area (Å²) in [5.41, 5.74) is 5.19. The van der Waals surface area contributed by atoms with Crippen LogP contribution < -0.4 is 11.1 Å². The summed E-state index contributed by atoms with van der Waals surface area (Å²) in [6.07, 6.45) is 5.18. The van der Waals surface area contributed by atoms with E-state index in [0.717, 1.165) is 11.8 Å². The molecule has 2 saturated carbocycles. The Kier molecular flexibility index (Phi) is 4.24. The summed E-state index contributed by atoms with van der Waals surface area (Å²) in [4.78, 5) is 12.0. The molecular formula is C12H23ClN2O. The van der Waals surface area contributed by atoms with Crippen molar-refractivity contribution < 1.29 is 4.79 Å². The van der Waals surface area contributed by atoms with Gasteiger partial charge in [0.25, 0.3) is 0 Å². The van der Waals surface area contributed by atoms with Crippen molar-refractivity contribution in [2.24, 2.45) is 23.0 Å². The third-order valence-electron chi connectivity index (χ3n) is 3.68. The Balaban J connectivity index is 0.00000128. The van der Waals surface area contributed by atoms with Crippen LogP contribution in [-0.2, 0) is 4.79 Å². The second-order valence-corrected chi connectivity index (χ2v) is 5.76. The monoisotopic (exact) mass is 246 g/mol. The van der Waals surface area contributed by atoms with Gasteiger partial charge in [0.1, 0.15) is 0 Å². The summed E-state index contributed by atoms with van der Waals surface area (Å²) in [5, 5.41) is 3.21. The van der Waals surface area contributed by atoms with E-state index in [1.165, 1.54) is 25.7 Å². The zero-order valence-electron chi connectivity index (χ0n) is 10.2. The second kappa shape index (κ2) is 4.92. The molecule has 0 aromatic heterocycles. The van der Waals surface area contributed by atoms with Crippen LogP contribution in [0.5, 0.6) is 0 Å². The Bertz CT molecular complexity index is 248. The predicted molar refractivity (Wildman–Crippen MR) is 67.5 cm³/mol. The highest BCUT2D eigenvalue weighted by Crippen LogP contribution is 2.44. The van der Waals surface area contributed by atoms with E-state index in [0.29, 0.717) is 12.6 Å². The van der Waals surface area contributed by atoms with Crippen molar-refractivity contribution in [1.29, 1.82) is 0 Å². The SMILES string of the molecule is CC(C)(CN)C(=O)NC(C1CC1)C1CC1.Cl. The van der Waals surface area contributed by atoms with E-state index in [2.05, 4.69) is 5.32 Å². The van der Waals surface area contributed by atoms with E-state index in [1.807, 2.05) is 13.8 Å². The van der Waals surface area contributed by atoms with Crippen LogP contribution in [0.15, 0.2) is 0 Å². The molecule has 0 unspecified atom stereocenters. The standard InChI is InChI=1S/C12H22N2O.ClH/c1-12(2,7-13)11(15)14-10(8-3-4-8)9-5-6-9;/h8-10H,3-7,13H2,1-2H3,(H,14,15);1H. The van der Waals surface area contributed by atoms with Crippen molar-refractivity contribution in [3.05, 3.63) is 0 Å². The smallest absolute Gasteiger partial charge is 0.227 e. The quantitative estimate of drug-likeness (QED) is 0.776. The number of rotatable bonds is 5. The normalized spacial score (nSPS) is 20.5. The van der Waals surface area contributed by atoms with E-state index < -0.39 is 5.41 Å². The Labute approximate surface area is 104 Å². The predicted octanol–water partition coefficient (Wildman–Crippen LogP) is 1.70. The van der Waals surface area contributed by atoms with Gasteiger partial charge < -0.3 is 11.1 Å². The second-order valence-electron chi connectivity index (χ2n) is 5.76. The molecule has 3 nitrogen and oxygen atoms in total. The molecule has 1 amide bonds. The number of amides is 1. The molecule has 3 N–H and O–H groups in total. The van der Waals surface area contributed by atoms with Crippen LogP contribution in [0.25, 0.3) is 0 Å². The molecule has 2 aliphatic carbocycles. The summed E-state index contributed by atoms with van der Waals surface area (Å²) < 4.78 is 0. The molecule has 94 valence electrons. The number of halogens is 1. The lowest BCUT2D eigenvalue weighted by atomic mass is 9.91. The molecule has 0 radical (unpaired) electrons. The molecule has 4 heteroatoms. The van der Waals surface area contributed by atoms with Crippen LogP contribution in [0.2, 0.25) is 0 Å². The minimum atomic E-state index is -0.415. The molecule has 0 bridgehead atoms. The van der Waals surface area contributed by atoms with Crippen LogP contribution in [0.1, 0.15) is 39.5 Å². The molecule has 2 aliphatic rings. The minimum Gasteiger partial charge on any atom is -0.352 e. The largest absolute Gasteiger partial charge is 0.352 e. The highest BCUT2D eigenvalue weighted by molar-refractivity contribution is 5.85. The van der Waals surface area contributed by atoms with Crippen LogP contribution in [0.4, 0.5) is 0 Å². The molecular weight excluding hydrogens is 224 g/mol. The van der Waals surface area contributed by atoms with E-state index in [1.54, 1.807) is 0 Å². The number of nitrogens with two attached hydrogens (primary N) is 1. The molecule has 2 fully saturated rings. The molecule has 0 aromatic rings. The van der Waals surface area contributed by atoms with E-state index in [4.69, 9.17) is 5.73 Å². The van der Waals surface area contributed by atoms with Gasteiger partial charge in [0.15, 0.2) is 0 Å². The number of hydrogen-bond acceptors (Lipinski definition) is 2. The topological polar surface area (TPSA) is 55.1 Å². The number of hydrogen-bond donors (Lipinski definition) is 2. The highest BCUT2D eigenvalue weighted by atomic mass is 35.5. The number of carbonyl (C=O) groups is 1. The third-order valence-corrected chi connectivity index (χ3v) is 3.68. The fourth-order valence-electron chi connectivity index (χ4n) is 1.97. The van der Waals surface area contributed by atoms with Crippen molar-refractivity contribution in [2.45, 2.75) is 45.6 Å². The van der Waals surface area contributed by atoms with Gasteiger partial charge in [0, 0.05) is 12.6 Å². The number of carbonyl (C=O) groups excluding carboxylic acids is 1. The first-order chi connectivity index (χ1) is 7.04.